The first-order valence-electron chi connectivity index (χ1n) is 10.1. The Morgan fingerprint density at radius 1 is 1.07 bits per heavy atom. The highest BCUT2D eigenvalue weighted by molar-refractivity contribution is 5.84. The molecule has 1 fully saturated rings. The molecule has 2 aliphatic heterocycles. The van der Waals surface area contributed by atoms with Gasteiger partial charge in [0.05, 0.1) is 7.11 Å². The molecule has 2 aliphatic rings. The maximum absolute atomic E-state index is 12.8. The van der Waals surface area contributed by atoms with Crippen molar-refractivity contribution in [3.05, 3.63) is 34.9 Å². The SMILES string of the molecule is COC(=O)C1c2cccc(C3CCN(C)CC3)c2CCN1C(=O)OC(C)(C)C. The van der Waals surface area contributed by atoms with Crippen LogP contribution in [0.1, 0.15) is 62.3 Å². The van der Waals surface area contributed by atoms with Gasteiger partial charge in [-0.25, -0.2) is 9.59 Å². The van der Waals surface area contributed by atoms with Crippen LogP contribution < -0.4 is 0 Å². The number of hydrogen-bond donors (Lipinski definition) is 0. The van der Waals surface area contributed by atoms with Gasteiger partial charge in [-0.1, -0.05) is 18.2 Å². The molecule has 0 aromatic heterocycles. The molecule has 1 saturated heterocycles. The van der Waals surface area contributed by atoms with Crippen LogP contribution in [0.15, 0.2) is 18.2 Å². The zero-order chi connectivity index (χ0) is 20.5. The number of esters is 1. The van der Waals surface area contributed by atoms with Gasteiger partial charge < -0.3 is 14.4 Å². The van der Waals surface area contributed by atoms with Crippen molar-refractivity contribution < 1.29 is 19.1 Å². The molecule has 1 aromatic carbocycles. The van der Waals surface area contributed by atoms with Crippen LogP contribution in [0.5, 0.6) is 0 Å². The number of amides is 1. The zero-order valence-corrected chi connectivity index (χ0v) is 17.7. The number of fused-ring (bicyclic) bond motifs is 1. The summed E-state index contributed by atoms with van der Waals surface area (Å²) in [5, 5.41) is 0. The summed E-state index contributed by atoms with van der Waals surface area (Å²) in [6, 6.07) is 5.38. The molecule has 6 heteroatoms. The van der Waals surface area contributed by atoms with E-state index in [-0.39, 0.29) is 0 Å². The number of carbonyl (C=O) groups excluding carboxylic acids is 2. The molecule has 1 atom stereocenters. The Morgan fingerprint density at radius 2 is 1.71 bits per heavy atom. The highest BCUT2D eigenvalue weighted by Gasteiger charge is 2.40. The van der Waals surface area contributed by atoms with E-state index in [1.54, 1.807) is 0 Å². The number of hydrogen-bond acceptors (Lipinski definition) is 5. The molecule has 0 aliphatic carbocycles. The first kappa shape index (κ1) is 20.6. The van der Waals surface area contributed by atoms with Crippen LogP contribution in [0.2, 0.25) is 0 Å². The fourth-order valence-corrected chi connectivity index (χ4v) is 4.28. The van der Waals surface area contributed by atoms with Gasteiger partial charge in [-0.2, -0.15) is 0 Å². The number of benzene rings is 1. The average Bonchev–Trinajstić information content (AvgIpc) is 2.65. The van der Waals surface area contributed by atoms with Crippen molar-refractivity contribution in [3.8, 4) is 0 Å². The summed E-state index contributed by atoms with van der Waals surface area (Å²) < 4.78 is 10.6. The third kappa shape index (κ3) is 4.32. The number of likely N-dealkylation sites (tertiary alicyclic amines) is 1. The van der Waals surface area contributed by atoms with Crippen molar-refractivity contribution >= 4 is 12.1 Å². The minimum atomic E-state index is -0.755. The minimum absolute atomic E-state index is 0.424. The lowest BCUT2D eigenvalue weighted by atomic mass is 9.81. The zero-order valence-electron chi connectivity index (χ0n) is 17.7. The topological polar surface area (TPSA) is 59.1 Å². The summed E-state index contributed by atoms with van der Waals surface area (Å²) in [7, 11) is 3.52. The number of nitrogens with zero attached hydrogens (tertiary/aromatic N) is 2. The monoisotopic (exact) mass is 388 g/mol. The van der Waals surface area contributed by atoms with Crippen LogP contribution in [-0.2, 0) is 20.7 Å². The summed E-state index contributed by atoms with van der Waals surface area (Å²) >= 11 is 0. The summed E-state index contributed by atoms with van der Waals surface area (Å²) in [6.07, 6.45) is 2.49. The predicted octanol–water partition coefficient (Wildman–Crippen LogP) is 3.50. The second-order valence-corrected chi connectivity index (χ2v) is 8.84. The van der Waals surface area contributed by atoms with Crippen LogP contribution >= 0.6 is 0 Å². The van der Waals surface area contributed by atoms with E-state index in [1.165, 1.54) is 23.1 Å². The van der Waals surface area contributed by atoms with Gasteiger partial charge in [-0.05, 0) is 82.8 Å². The quantitative estimate of drug-likeness (QED) is 0.726. The van der Waals surface area contributed by atoms with Gasteiger partial charge in [-0.3, -0.25) is 4.90 Å². The molecule has 0 radical (unpaired) electrons. The number of ether oxygens (including phenoxy) is 2. The molecule has 154 valence electrons. The minimum Gasteiger partial charge on any atom is -0.467 e. The maximum Gasteiger partial charge on any atom is 0.411 e. The third-order valence-electron chi connectivity index (χ3n) is 5.67. The van der Waals surface area contributed by atoms with Crippen LogP contribution in [0.4, 0.5) is 4.79 Å². The Bertz CT molecular complexity index is 733. The number of carbonyl (C=O) groups is 2. The van der Waals surface area contributed by atoms with Crippen molar-refractivity contribution in [3.63, 3.8) is 0 Å². The molecule has 6 nitrogen and oxygen atoms in total. The molecule has 1 unspecified atom stereocenters. The third-order valence-corrected chi connectivity index (χ3v) is 5.67. The van der Waals surface area contributed by atoms with E-state index in [9.17, 15) is 9.59 Å². The lowest BCUT2D eigenvalue weighted by Crippen LogP contribution is -2.46. The van der Waals surface area contributed by atoms with Crippen LogP contribution in [0, 0.1) is 0 Å². The van der Waals surface area contributed by atoms with E-state index < -0.39 is 23.7 Å². The maximum atomic E-state index is 12.8. The van der Waals surface area contributed by atoms with E-state index in [2.05, 4.69) is 18.0 Å². The smallest absolute Gasteiger partial charge is 0.411 e. The standard InChI is InChI=1S/C22H32N2O4/c1-22(2,3)28-21(26)24-14-11-17-16(15-9-12-23(4)13-10-15)7-6-8-18(17)19(24)20(25)27-5/h6-8,15,19H,9-14H2,1-5H3. The van der Waals surface area contributed by atoms with Gasteiger partial charge >= 0.3 is 12.1 Å². The van der Waals surface area contributed by atoms with E-state index in [0.29, 0.717) is 12.5 Å². The molecule has 1 amide bonds. The summed E-state index contributed by atoms with van der Waals surface area (Å²) in [4.78, 5) is 29.3. The lowest BCUT2D eigenvalue weighted by molar-refractivity contribution is -0.147. The highest BCUT2D eigenvalue weighted by atomic mass is 16.6. The first-order valence-corrected chi connectivity index (χ1v) is 10.1. The molecule has 28 heavy (non-hydrogen) atoms. The Kier molecular flexibility index (Phi) is 5.98. The Hall–Kier alpha value is -2.08. The van der Waals surface area contributed by atoms with Crippen LogP contribution in [-0.4, -0.2) is 61.3 Å². The Labute approximate surface area is 167 Å². The van der Waals surface area contributed by atoms with Gasteiger partial charge in [0.2, 0.25) is 0 Å². The molecule has 0 saturated carbocycles. The van der Waals surface area contributed by atoms with Gasteiger partial charge in [0.15, 0.2) is 6.04 Å². The molecular formula is C22H32N2O4. The molecule has 0 bridgehead atoms. The highest BCUT2D eigenvalue weighted by Crippen LogP contribution is 2.38. The van der Waals surface area contributed by atoms with E-state index in [0.717, 1.165) is 37.9 Å². The fourth-order valence-electron chi connectivity index (χ4n) is 4.28. The van der Waals surface area contributed by atoms with Gasteiger partial charge in [0.25, 0.3) is 0 Å². The number of methoxy groups -OCH3 is 1. The van der Waals surface area contributed by atoms with Crippen LogP contribution in [0.25, 0.3) is 0 Å². The second-order valence-electron chi connectivity index (χ2n) is 8.84. The summed E-state index contributed by atoms with van der Waals surface area (Å²) in [5.74, 6) is 0.0739. The summed E-state index contributed by atoms with van der Waals surface area (Å²) in [6.45, 7) is 8.10. The molecule has 2 heterocycles. The predicted molar refractivity (Wildman–Crippen MR) is 107 cm³/mol. The normalized spacial score (nSPS) is 21.2. The summed E-state index contributed by atoms with van der Waals surface area (Å²) in [5.41, 5.74) is 2.78. The van der Waals surface area contributed by atoms with Crippen LogP contribution in [0.3, 0.4) is 0 Å². The fraction of sp³-hybridized carbons (Fsp3) is 0.636. The van der Waals surface area contributed by atoms with E-state index >= 15 is 0 Å². The number of rotatable bonds is 2. The second kappa shape index (κ2) is 8.11. The lowest BCUT2D eigenvalue weighted by Gasteiger charge is -2.38. The van der Waals surface area contributed by atoms with Gasteiger partial charge in [-0.15, -0.1) is 0 Å². The van der Waals surface area contributed by atoms with Crippen molar-refractivity contribution in [2.24, 2.45) is 0 Å². The van der Waals surface area contributed by atoms with Crippen molar-refractivity contribution in [2.75, 3.05) is 33.8 Å². The molecule has 3 rings (SSSR count). The van der Waals surface area contributed by atoms with Gasteiger partial charge in [0, 0.05) is 6.54 Å². The molecule has 1 aromatic rings. The molecule has 0 N–H and O–H groups in total. The Balaban J connectivity index is 1.95. The molecule has 0 spiro atoms. The largest absolute Gasteiger partial charge is 0.467 e. The molecular weight excluding hydrogens is 356 g/mol. The van der Waals surface area contributed by atoms with Gasteiger partial charge in [0.1, 0.15) is 5.60 Å². The van der Waals surface area contributed by atoms with Crippen molar-refractivity contribution in [2.45, 2.75) is 57.6 Å². The van der Waals surface area contributed by atoms with Crippen molar-refractivity contribution in [1.29, 1.82) is 0 Å². The Morgan fingerprint density at radius 3 is 2.32 bits per heavy atom. The van der Waals surface area contributed by atoms with E-state index in [1.807, 2.05) is 32.9 Å². The number of piperidine rings is 1. The van der Waals surface area contributed by atoms with E-state index in [4.69, 9.17) is 9.47 Å². The first-order chi connectivity index (χ1) is 13.2. The average molecular weight is 389 g/mol. The van der Waals surface area contributed by atoms with Crippen molar-refractivity contribution in [1.82, 2.24) is 9.80 Å².